The van der Waals surface area contributed by atoms with Crippen LogP contribution in [0.4, 0.5) is 0 Å². The number of amides is 1. The van der Waals surface area contributed by atoms with E-state index >= 15 is 0 Å². The van der Waals surface area contributed by atoms with E-state index in [1.165, 1.54) is 6.42 Å². The fourth-order valence-corrected chi connectivity index (χ4v) is 2.97. The van der Waals surface area contributed by atoms with E-state index in [4.69, 9.17) is 4.74 Å². The summed E-state index contributed by atoms with van der Waals surface area (Å²) in [4.78, 5) is 14.6. The first kappa shape index (κ1) is 12.8. The standard InChI is InChI=1S/C13H24N2O2/c1-13(7-5-9-17-13)12(16)15-8-4-3-6-11(15)10-14-2/h11,14H,3-10H2,1-2H3. The highest BCUT2D eigenvalue weighted by atomic mass is 16.5. The quantitative estimate of drug-likeness (QED) is 0.805. The van der Waals surface area contributed by atoms with Crippen molar-refractivity contribution in [2.24, 2.45) is 0 Å². The molecule has 0 radical (unpaired) electrons. The second-order valence-electron chi connectivity index (χ2n) is 5.39. The van der Waals surface area contributed by atoms with E-state index in [0.717, 1.165) is 45.4 Å². The molecule has 0 bridgehead atoms. The Labute approximate surface area is 104 Å². The average molecular weight is 240 g/mol. The lowest BCUT2D eigenvalue weighted by Crippen LogP contribution is -2.55. The molecule has 2 aliphatic rings. The Bertz CT molecular complexity index is 273. The zero-order valence-corrected chi connectivity index (χ0v) is 11.0. The van der Waals surface area contributed by atoms with Crippen LogP contribution in [0.5, 0.6) is 0 Å². The van der Waals surface area contributed by atoms with Gasteiger partial charge in [0.1, 0.15) is 5.60 Å². The van der Waals surface area contributed by atoms with Crippen LogP contribution in [0.1, 0.15) is 39.0 Å². The van der Waals surface area contributed by atoms with Crippen LogP contribution >= 0.6 is 0 Å². The number of likely N-dealkylation sites (N-methyl/N-ethyl adjacent to an activating group) is 1. The number of carbonyl (C=O) groups excluding carboxylic acids is 1. The van der Waals surface area contributed by atoms with Gasteiger partial charge >= 0.3 is 0 Å². The Balaban J connectivity index is 2.05. The number of piperidine rings is 1. The first-order valence-electron chi connectivity index (χ1n) is 6.77. The van der Waals surface area contributed by atoms with Crippen LogP contribution in [-0.2, 0) is 9.53 Å². The fraction of sp³-hybridized carbons (Fsp3) is 0.923. The second-order valence-corrected chi connectivity index (χ2v) is 5.39. The molecule has 2 fully saturated rings. The van der Waals surface area contributed by atoms with E-state index < -0.39 is 5.60 Å². The van der Waals surface area contributed by atoms with E-state index in [9.17, 15) is 4.79 Å². The van der Waals surface area contributed by atoms with E-state index in [1.54, 1.807) is 0 Å². The third-order valence-electron chi connectivity index (χ3n) is 4.00. The lowest BCUT2D eigenvalue weighted by atomic mass is 9.95. The third-order valence-corrected chi connectivity index (χ3v) is 4.00. The van der Waals surface area contributed by atoms with Crippen molar-refractivity contribution in [1.82, 2.24) is 10.2 Å². The summed E-state index contributed by atoms with van der Waals surface area (Å²) in [6, 6.07) is 0.349. The van der Waals surface area contributed by atoms with E-state index in [0.29, 0.717) is 6.04 Å². The molecule has 2 aliphatic heterocycles. The smallest absolute Gasteiger partial charge is 0.254 e. The van der Waals surface area contributed by atoms with Gasteiger partial charge in [-0.25, -0.2) is 0 Å². The summed E-state index contributed by atoms with van der Waals surface area (Å²) >= 11 is 0. The monoisotopic (exact) mass is 240 g/mol. The van der Waals surface area contributed by atoms with Gasteiger partial charge in [-0.3, -0.25) is 4.79 Å². The molecule has 2 atom stereocenters. The Hall–Kier alpha value is -0.610. The number of nitrogens with one attached hydrogen (secondary N) is 1. The van der Waals surface area contributed by atoms with Crippen molar-refractivity contribution in [3.63, 3.8) is 0 Å². The van der Waals surface area contributed by atoms with Crippen LogP contribution in [0.25, 0.3) is 0 Å². The highest BCUT2D eigenvalue weighted by Gasteiger charge is 2.42. The molecule has 0 saturated carbocycles. The first-order valence-corrected chi connectivity index (χ1v) is 6.77. The van der Waals surface area contributed by atoms with Crippen molar-refractivity contribution >= 4 is 5.91 Å². The maximum atomic E-state index is 12.6. The lowest BCUT2D eigenvalue weighted by Gasteiger charge is -2.39. The number of hydrogen-bond donors (Lipinski definition) is 1. The Morgan fingerprint density at radius 3 is 2.94 bits per heavy atom. The van der Waals surface area contributed by atoms with Crippen LogP contribution in [0, 0.1) is 0 Å². The molecule has 98 valence electrons. The molecule has 4 nitrogen and oxygen atoms in total. The molecule has 17 heavy (non-hydrogen) atoms. The Kier molecular flexibility index (Phi) is 4.05. The van der Waals surface area contributed by atoms with Gasteiger partial charge in [0.15, 0.2) is 0 Å². The number of ether oxygens (including phenoxy) is 1. The Morgan fingerprint density at radius 2 is 2.29 bits per heavy atom. The molecule has 2 heterocycles. The molecular weight excluding hydrogens is 216 g/mol. The van der Waals surface area contributed by atoms with Crippen molar-refractivity contribution in [2.45, 2.75) is 50.7 Å². The fourth-order valence-electron chi connectivity index (χ4n) is 2.97. The number of hydrogen-bond acceptors (Lipinski definition) is 3. The summed E-state index contributed by atoms with van der Waals surface area (Å²) in [7, 11) is 1.95. The number of rotatable bonds is 3. The summed E-state index contributed by atoms with van der Waals surface area (Å²) in [5.74, 6) is 0.204. The topological polar surface area (TPSA) is 41.6 Å². The summed E-state index contributed by atoms with van der Waals surface area (Å²) in [5.41, 5.74) is -0.552. The van der Waals surface area contributed by atoms with Crippen LogP contribution in [0.3, 0.4) is 0 Å². The average Bonchev–Trinajstić information content (AvgIpc) is 2.78. The van der Waals surface area contributed by atoms with Gasteiger partial charge in [0, 0.05) is 25.7 Å². The zero-order valence-electron chi connectivity index (χ0n) is 11.0. The van der Waals surface area contributed by atoms with E-state index in [2.05, 4.69) is 5.32 Å². The van der Waals surface area contributed by atoms with Gasteiger partial charge in [-0.05, 0) is 46.1 Å². The summed E-state index contributed by atoms with van der Waals surface area (Å²) in [6.45, 7) is 4.46. The van der Waals surface area contributed by atoms with Gasteiger partial charge in [0.25, 0.3) is 5.91 Å². The summed E-state index contributed by atoms with van der Waals surface area (Å²) in [6.07, 6.45) is 5.35. The van der Waals surface area contributed by atoms with Crippen molar-refractivity contribution in [1.29, 1.82) is 0 Å². The van der Waals surface area contributed by atoms with Gasteiger partial charge in [-0.15, -0.1) is 0 Å². The molecule has 0 aromatic heterocycles. The number of nitrogens with zero attached hydrogens (tertiary/aromatic N) is 1. The van der Waals surface area contributed by atoms with Crippen LogP contribution in [-0.4, -0.2) is 49.2 Å². The molecule has 0 aromatic carbocycles. The van der Waals surface area contributed by atoms with E-state index in [1.807, 2.05) is 18.9 Å². The zero-order chi connectivity index (χ0) is 12.3. The number of carbonyl (C=O) groups is 1. The summed E-state index contributed by atoms with van der Waals surface area (Å²) in [5, 5.41) is 3.19. The molecule has 0 aliphatic carbocycles. The van der Waals surface area contributed by atoms with Gasteiger partial charge in [-0.1, -0.05) is 0 Å². The lowest BCUT2D eigenvalue weighted by molar-refractivity contribution is -0.154. The van der Waals surface area contributed by atoms with E-state index in [-0.39, 0.29) is 5.91 Å². The van der Waals surface area contributed by atoms with Crippen molar-refractivity contribution in [3.8, 4) is 0 Å². The molecule has 0 spiro atoms. The van der Waals surface area contributed by atoms with Gasteiger partial charge in [-0.2, -0.15) is 0 Å². The van der Waals surface area contributed by atoms with Crippen LogP contribution in [0.2, 0.25) is 0 Å². The maximum Gasteiger partial charge on any atom is 0.254 e. The molecule has 2 unspecified atom stereocenters. The molecule has 1 amide bonds. The molecule has 1 N–H and O–H groups in total. The molecule has 2 saturated heterocycles. The molecule has 0 aromatic rings. The normalized spacial score (nSPS) is 34.0. The molecule has 2 rings (SSSR count). The molecular formula is C13H24N2O2. The highest BCUT2D eigenvalue weighted by molar-refractivity contribution is 5.85. The SMILES string of the molecule is CNCC1CCCCN1C(=O)C1(C)CCCO1. The van der Waals surface area contributed by atoms with Crippen molar-refractivity contribution < 1.29 is 9.53 Å². The molecule has 4 heteroatoms. The van der Waals surface area contributed by atoms with Crippen molar-refractivity contribution in [3.05, 3.63) is 0 Å². The van der Waals surface area contributed by atoms with Crippen LogP contribution < -0.4 is 5.32 Å². The largest absolute Gasteiger partial charge is 0.365 e. The minimum absolute atomic E-state index is 0.204. The van der Waals surface area contributed by atoms with Crippen molar-refractivity contribution in [2.75, 3.05) is 26.7 Å². The minimum Gasteiger partial charge on any atom is -0.365 e. The predicted molar refractivity (Wildman–Crippen MR) is 66.9 cm³/mol. The predicted octanol–water partition coefficient (Wildman–Crippen LogP) is 1.16. The second kappa shape index (κ2) is 5.36. The minimum atomic E-state index is -0.552. The Morgan fingerprint density at radius 1 is 1.47 bits per heavy atom. The highest BCUT2D eigenvalue weighted by Crippen LogP contribution is 2.30. The first-order chi connectivity index (χ1) is 8.17. The summed E-state index contributed by atoms with van der Waals surface area (Å²) < 4.78 is 5.67. The van der Waals surface area contributed by atoms with Gasteiger partial charge in [0.2, 0.25) is 0 Å². The van der Waals surface area contributed by atoms with Gasteiger partial charge < -0.3 is 15.0 Å². The third kappa shape index (κ3) is 2.63. The van der Waals surface area contributed by atoms with Crippen LogP contribution in [0.15, 0.2) is 0 Å². The number of likely N-dealkylation sites (tertiary alicyclic amines) is 1. The van der Waals surface area contributed by atoms with Gasteiger partial charge in [0.05, 0.1) is 0 Å². The maximum absolute atomic E-state index is 12.6.